The molecular weight excluding hydrogens is 252 g/mol. The lowest BCUT2D eigenvalue weighted by Gasteiger charge is -2.27. The molecule has 1 aliphatic carbocycles. The second-order valence-corrected chi connectivity index (χ2v) is 7.40. The molecule has 2 fully saturated rings. The van der Waals surface area contributed by atoms with E-state index in [1.807, 2.05) is 20.8 Å². The second-order valence-electron chi connectivity index (χ2n) is 7.40. The molecule has 0 spiro atoms. The molecule has 1 amide bonds. The zero-order valence-corrected chi connectivity index (χ0v) is 13.3. The second kappa shape index (κ2) is 6.79. The van der Waals surface area contributed by atoms with Gasteiger partial charge in [0.25, 0.3) is 0 Å². The Morgan fingerprint density at radius 2 is 1.90 bits per heavy atom. The van der Waals surface area contributed by atoms with Gasteiger partial charge in [0.05, 0.1) is 0 Å². The van der Waals surface area contributed by atoms with E-state index >= 15 is 0 Å². The molecule has 0 aromatic rings. The van der Waals surface area contributed by atoms with Crippen LogP contribution in [0.25, 0.3) is 0 Å². The van der Waals surface area contributed by atoms with Crippen LogP contribution in [0.4, 0.5) is 4.79 Å². The SMILES string of the molecule is CC(C)(C)OC(=O)NC1CCN(CC2CCCCC2)C1. The lowest BCUT2D eigenvalue weighted by atomic mass is 9.89. The van der Waals surface area contributed by atoms with Crippen LogP contribution in [0, 0.1) is 5.92 Å². The van der Waals surface area contributed by atoms with Crippen LogP contribution in [-0.2, 0) is 4.74 Å². The molecule has 20 heavy (non-hydrogen) atoms. The summed E-state index contributed by atoms with van der Waals surface area (Å²) in [6.07, 6.45) is 7.77. The van der Waals surface area contributed by atoms with Gasteiger partial charge in [0.1, 0.15) is 5.60 Å². The summed E-state index contributed by atoms with van der Waals surface area (Å²) in [6, 6.07) is 0.258. The van der Waals surface area contributed by atoms with Gasteiger partial charge in [-0.3, -0.25) is 0 Å². The minimum absolute atomic E-state index is 0.258. The molecule has 116 valence electrons. The number of likely N-dealkylation sites (tertiary alicyclic amines) is 1. The highest BCUT2D eigenvalue weighted by molar-refractivity contribution is 5.68. The van der Waals surface area contributed by atoms with Gasteiger partial charge in [-0.25, -0.2) is 4.79 Å². The fourth-order valence-corrected chi connectivity index (χ4v) is 3.33. The average molecular weight is 282 g/mol. The Bertz CT molecular complexity index is 319. The van der Waals surface area contributed by atoms with Crippen LogP contribution in [-0.4, -0.2) is 42.3 Å². The fourth-order valence-electron chi connectivity index (χ4n) is 3.33. The number of amides is 1. The first-order valence-electron chi connectivity index (χ1n) is 8.14. The zero-order chi connectivity index (χ0) is 14.6. The molecule has 1 unspecified atom stereocenters. The summed E-state index contributed by atoms with van der Waals surface area (Å²) in [4.78, 5) is 14.3. The first kappa shape index (κ1) is 15.6. The third-order valence-electron chi connectivity index (χ3n) is 4.23. The largest absolute Gasteiger partial charge is 0.444 e. The third-order valence-corrected chi connectivity index (χ3v) is 4.23. The number of nitrogens with zero attached hydrogens (tertiary/aromatic N) is 1. The number of ether oxygens (including phenoxy) is 1. The maximum atomic E-state index is 11.8. The van der Waals surface area contributed by atoms with Crippen LogP contribution < -0.4 is 5.32 Å². The van der Waals surface area contributed by atoms with E-state index < -0.39 is 5.60 Å². The van der Waals surface area contributed by atoms with Gasteiger partial charge in [-0.2, -0.15) is 0 Å². The molecular formula is C16H30N2O2. The van der Waals surface area contributed by atoms with E-state index in [2.05, 4.69) is 10.2 Å². The van der Waals surface area contributed by atoms with Crippen molar-refractivity contribution in [3.8, 4) is 0 Å². The molecule has 2 rings (SSSR count). The van der Waals surface area contributed by atoms with E-state index in [9.17, 15) is 4.79 Å². The van der Waals surface area contributed by atoms with Gasteiger partial charge in [0.15, 0.2) is 0 Å². The summed E-state index contributed by atoms with van der Waals surface area (Å²) in [5.41, 5.74) is -0.412. The average Bonchev–Trinajstić information content (AvgIpc) is 2.75. The quantitative estimate of drug-likeness (QED) is 0.864. The topological polar surface area (TPSA) is 41.6 Å². The number of hydrogen-bond donors (Lipinski definition) is 1. The van der Waals surface area contributed by atoms with E-state index in [4.69, 9.17) is 4.74 Å². The monoisotopic (exact) mass is 282 g/mol. The Hall–Kier alpha value is -0.770. The molecule has 2 aliphatic rings. The van der Waals surface area contributed by atoms with Crippen molar-refractivity contribution < 1.29 is 9.53 Å². The highest BCUT2D eigenvalue weighted by Crippen LogP contribution is 2.25. The summed E-state index contributed by atoms with van der Waals surface area (Å²) in [6.45, 7) is 9.00. The maximum Gasteiger partial charge on any atom is 0.407 e. The predicted molar refractivity (Wildman–Crippen MR) is 80.8 cm³/mol. The van der Waals surface area contributed by atoms with Gasteiger partial charge >= 0.3 is 6.09 Å². The van der Waals surface area contributed by atoms with Crippen LogP contribution in [0.5, 0.6) is 0 Å². The van der Waals surface area contributed by atoms with Crippen molar-refractivity contribution in [3.05, 3.63) is 0 Å². The smallest absolute Gasteiger partial charge is 0.407 e. The number of carbonyl (C=O) groups is 1. The highest BCUT2D eigenvalue weighted by atomic mass is 16.6. The van der Waals surface area contributed by atoms with E-state index in [0.717, 1.165) is 25.4 Å². The fraction of sp³-hybridized carbons (Fsp3) is 0.938. The summed E-state index contributed by atoms with van der Waals surface area (Å²) in [5.74, 6) is 0.879. The number of carbonyl (C=O) groups excluding carboxylic acids is 1. The Labute approximate surface area is 123 Å². The lowest BCUT2D eigenvalue weighted by molar-refractivity contribution is 0.0505. The van der Waals surface area contributed by atoms with Crippen molar-refractivity contribution in [1.29, 1.82) is 0 Å². The van der Waals surface area contributed by atoms with Crippen molar-refractivity contribution in [3.63, 3.8) is 0 Å². The van der Waals surface area contributed by atoms with Gasteiger partial charge in [-0.1, -0.05) is 19.3 Å². The summed E-state index contributed by atoms with van der Waals surface area (Å²) >= 11 is 0. The molecule has 1 aliphatic heterocycles. The van der Waals surface area contributed by atoms with Crippen LogP contribution in [0.2, 0.25) is 0 Å². The molecule has 4 nitrogen and oxygen atoms in total. The van der Waals surface area contributed by atoms with E-state index in [-0.39, 0.29) is 12.1 Å². The van der Waals surface area contributed by atoms with Gasteiger partial charge < -0.3 is 15.0 Å². The molecule has 1 saturated carbocycles. The number of nitrogens with one attached hydrogen (secondary N) is 1. The first-order chi connectivity index (χ1) is 9.42. The lowest BCUT2D eigenvalue weighted by Crippen LogP contribution is -2.41. The number of rotatable bonds is 3. The minimum atomic E-state index is -0.412. The maximum absolute atomic E-state index is 11.8. The normalized spacial score (nSPS) is 25.6. The highest BCUT2D eigenvalue weighted by Gasteiger charge is 2.27. The molecule has 0 aromatic heterocycles. The standard InChI is InChI=1S/C16H30N2O2/c1-16(2,3)20-15(19)17-14-9-10-18(12-14)11-13-7-5-4-6-8-13/h13-14H,4-12H2,1-3H3,(H,17,19). The third kappa shape index (κ3) is 5.31. The Kier molecular flexibility index (Phi) is 5.30. The van der Waals surface area contributed by atoms with Gasteiger partial charge in [-0.15, -0.1) is 0 Å². The Morgan fingerprint density at radius 3 is 2.55 bits per heavy atom. The number of hydrogen-bond acceptors (Lipinski definition) is 3. The molecule has 4 heteroatoms. The first-order valence-corrected chi connectivity index (χ1v) is 8.14. The molecule has 0 radical (unpaired) electrons. The summed E-state index contributed by atoms with van der Waals surface area (Å²) in [5, 5.41) is 3.00. The molecule has 1 heterocycles. The van der Waals surface area contributed by atoms with E-state index in [0.29, 0.717) is 0 Å². The van der Waals surface area contributed by atoms with Crippen molar-refractivity contribution in [2.75, 3.05) is 19.6 Å². The molecule has 0 aromatic carbocycles. The van der Waals surface area contributed by atoms with Crippen molar-refractivity contribution in [2.45, 2.75) is 70.9 Å². The Morgan fingerprint density at radius 1 is 1.20 bits per heavy atom. The van der Waals surface area contributed by atoms with Crippen LogP contribution in [0.15, 0.2) is 0 Å². The predicted octanol–water partition coefficient (Wildman–Crippen LogP) is 3.17. The van der Waals surface area contributed by atoms with Gasteiger partial charge in [0.2, 0.25) is 0 Å². The zero-order valence-electron chi connectivity index (χ0n) is 13.3. The van der Waals surface area contributed by atoms with Crippen LogP contribution >= 0.6 is 0 Å². The van der Waals surface area contributed by atoms with E-state index in [1.54, 1.807) is 0 Å². The minimum Gasteiger partial charge on any atom is -0.444 e. The molecule has 1 atom stereocenters. The Balaban J connectivity index is 1.68. The van der Waals surface area contributed by atoms with Gasteiger partial charge in [-0.05, 0) is 46.0 Å². The van der Waals surface area contributed by atoms with Crippen LogP contribution in [0.3, 0.4) is 0 Å². The van der Waals surface area contributed by atoms with Crippen molar-refractivity contribution in [1.82, 2.24) is 10.2 Å². The summed E-state index contributed by atoms with van der Waals surface area (Å²) in [7, 11) is 0. The number of alkyl carbamates (subject to hydrolysis) is 1. The van der Waals surface area contributed by atoms with Crippen molar-refractivity contribution >= 4 is 6.09 Å². The molecule has 1 N–H and O–H groups in total. The van der Waals surface area contributed by atoms with Gasteiger partial charge in [0, 0.05) is 25.7 Å². The molecule has 0 bridgehead atoms. The molecule has 1 saturated heterocycles. The van der Waals surface area contributed by atoms with E-state index in [1.165, 1.54) is 38.6 Å². The van der Waals surface area contributed by atoms with Crippen LogP contribution in [0.1, 0.15) is 59.3 Å². The van der Waals surface area contributed by atoms with Crippen molar-refractivity contribution in [2.24, 2.45) is 5.92 Å². The summed E-state index contributed by atoms with van der Waals surface area (Å²) < 4.78 is 5.32.